The van der Waals surface area contributed by atoms with Crippen molar-refractivity contribution in [3.63, 3.8) is 0 Å². The van der Waals surface area contributed by atoms with E-state index in [1.165, 1.54) is 0 Å². The van der Waals surface area contributed by atoms with Crippen molar-refractivity contribution in [1.29, 1.82) is 0 Å². The number of benzene rings is 2. The van der Waals surface area contributed by atoms with Crippen molar-refractivity contribution in [2.24, 2.45) is 0 Å². The van der Waals surface area contributed by atoms with Crippen molar-refractivity contribution < 1.29 is 14.7 Å². The molecule has 0 aliphatic carbocycles. The molecule has 1 N–H and O–H groups in total. The quantitative estimate of drug-likeness (QED) is 0.342. The first-order valence-electron chi connectivity index (χ1n) is 11.1. The largest absolute Gasteiger partial charge is 0.507 e. The van der Waals surface area contributed by atoms with Crippen LogP contribution in [0.1, 0.15) is 48.6 Å². The van der Waals surface area contributed by atoms with Crippen molar-refractivity contribution in [1.82, 2.24) is 9.80 Å². The third-order valence-corrected chi connectivity index (χ3v) is 6.36. The van der Waals surface area contributed by atoms with Crippen LogP contribution >= 0.6 is 11.6 Å². The number of amides is 1. The Kier molecular flexibility index (Phi) is 7.75. The number of rotatable bonds is 8. The Labute approximate surface area is 195 Å². The molecule has 6 heteroatoms. The molecule has 32 heavy (non-hydrogen) atoms. The van der Waals surface area contributed by atoms with Gasteiger partial charge in [-0.25, -0.2) is 0 Å². The van der Waals surface area contributed by atoms with Gasteiger partial charge in [0.15, 0.2) is 0 Å². The molecule has 1 saturated heterocycles. The third kappa shape index (κ3) is 4.89. The zero-order valence-corrected chi connectivity index (χ0v) is 19.9. The fourth-order valence-electron chi connectivity index (χ4n) is 4.27. The lowest BCUT2D eigenvalue weighted by Crippen LogP contribution is -2.33. The normalized spacial score (nSPS) is 18.1. The first-order chi connectivity index (χ1) is 15.3. The Hall–Kier alpha value is -2.63. The number of aliphatic hydroxyl groups excluding tert-OH is 1. The van der Waals surface area contributed by atoms with Gasteiger partial charge < -0.3 is 14.9 Å². The van der Waals surface area contributed by atoms with Gasteiger partial charge in [-0.05, 0) is 69.2 Å². The van der Waals surface area contributed by atoms with E-state index in [0.717, 1.165) is 37.2 Å². The van der Waals surface area contributed by atoms with Gasteiger partial charge >= 0.3 is 0 Å². The van der Waals surface area contributed by atoms with E-state index in [4.69, 9.17) is 11.6 Å². The Bertz CT molecular complexity index is 1040. The molecule has 170 valence electrons. The number of carbonyl (C=O) groups is 2. The number of nitrogens with zero attached hydrogens (tertiary/aromatic N) is 2. The van der Waals surface area contributed by atoms with Crippen LogP contribution in [0.4, 0.5) is 0 Å². The van der Waals surface area contributed by atoms with Gasteiger partial charge in [0.1, 0.15) is 5.76 Å². The van der Waals surface area contributed by atoms with Crippen LogP contribution in [0.15, 0.2) is 48.0 Å². The van der Waals surface area contributed by atoms with Crippen molar-refractivity contribution in [2.75, 3.05) is 26.2 Å². The van der Waals surface area contributed by atoms with Crippen LogP contribution in [-0.4, -0.2) is 52.8 Å². The average molecular weight is 455 g/mol. The van der Waals surface area contributed by atoms with Crippen molar-refractivity contribution in [2.45, 2.75) is 40.2 Å². The van der Waals surface area contributed by atoms with E-state index in [2.05, 4.69) is 18.7 Å². The lowest BCUT2D eigenvalue weighted by molar-refractivity contribution is -0.140. The highest BCUT2D eigenvalue weighted by Crippen LogP contribution is 2.40. The van der Waals surface area contributed by atoms with Crippen molar-refractivity contribution in [3.05, 3.63) is 75.3 Å². The summed E-state index contributed by atoms with van der Waals surface area (Å²) in [5.74, 6) is -1.38. The van der Waals surface area contributed by atoms with Gasteiger partial charge in [-0.15, -0.1) is 0 Å². The molecule has 1 heterocycles. The maximum atomic E-state index is 13.2. The third-order valence-electron chi connectivity index (χ3n) is 6.12. The molecule has 1 atom stereocenters. The van der Waals surface area contributed by atoms with Crippen LogP contribution in [0.3, 0.4) is 0 Å². The second-order valence-electron chi connectivity index (χ2n) is 8.25. The second-order valence-corrected chi connectivity index (χ2v) is 8.68. The second kappa shape index (κ2) is 10.3. The molecule has 5 nitrogen and oxygen atoms in total. The van der Waals surface area contributed by atoms with E-state index >= 15 is 0 Å². The topological polar surface area (TPSA) is 60.9 Å². The number of ketones is 1. The molecule has 3 rings (SSSR count). The van der Waals surface area contributed by atoms with E-state index in [0.29, 0.717) is 22.7 Å². The summed E-state index contributed by atoms with van der Waals surface area (Å²) in [6.45, 7) is 11.1. The summed E-state index contributed by atoms with van der Waals surface area (Å²) < 4.78 is 0. The number of hydrogen-bond donors (Lipinski definition) is 1. The molecular weight excluding hydrogens is 424 g/mol. The van der Waals surface area contributed by atoms with Crippen molar-refractivity contribution >= 4 is 29.1 Å². The Morgan fingerprint density at radius 3 is 2.47 bits per heavy atom. The maximum Gasteiger partial charge on any atom is 0.295 e. The fourth-order valence-corrected chi connectivity index (χ4v) is 4.47. The van der Waals surface area contributed by atoms with Gasteiger partial charge in [0.2, 0.25) is 0 Å². The zero-order valence-electron chi connectivity index (χ0n) is 19.2. The average Bonchev–Trinajstić information content (AvgIpc) is 3.03. The van der Waals surface area contributed by atoms with Crippen LogP contribution in [0.2, 0.25) is 5.02 Å². The number of hydrogen-bond acceptors (Lipinski definition) is 4. The number of Topliss-reactive ketones (excluding diaryl/α,β-unsaturated/α-hetero) is 1. The van der Waals surface area contributed by atoms with Crippen LogP contribution in [0.5, 0.6) is 0 Å². The molecule has 0 spiro atoms. The minimum atomic E-state index is -0.676. The molecule has 2 aromatic carbocycles. The Morgan fingerprint density at radius 1 is 1.09 bits per heavy atom. The smallest absolute Gasteiger partial charge is 0.295 e. The van der Waals surface area contributed by atoms with Gasteiger partial charge in [-0.2, -0.15) is 0 Å². The highest BCUT2D eigenvalue weighted by molar-refractivity contribution is 6.46. The summed E-state index contributed by atoms with van der Waals surface area (Å²) in [6.07, 6.45) is 0.731. The van der Waals surface area contributed by atoms with Crippen LogP contribution in [0.25, 0.3) is 5.76 Å². The van der Waals surface area contributed by atoms with E-state index in [1.807, 2.05) is 38.1 Å². The van der Waals surface area contributed by atoms with Crippen LogP contribution in [-0.2, 0) is 9.59 Å². The van der Waals surface area contributed by atoms with Crippen molar-refractivity contribution in [3.8, 4) is 0 Å². The highest BCUT2D eigenvalue weighted by atomic mass is 35.5. The van der Waals surface area contributed by atoms with Crippen LogP contribution in [0, 0.1) is 13.8 Å². The number of halogens is 1. The first kappa shape index (κ1) is 24.0. The molecule has 1 fully saturated rings. The molecule has 1 aliphatic rings. The lowest BCUT2D eigenvalue weighted by atomic mass is 9.93. The lowest BCUT2D eigenvalue weighted by Gasteiger charge is -2.27. The molecule has 1 aliphatic heterocycles. The summed E-state index contributed by atoms with van der Waals surface area (Å²) in [4.78, 5) is 30.1. The number of aryl methyl sites for hydroxylation is 2. The molecule has 0 radical (unpaired) electrons. The molecule has 1 unspecified atom stereocenters. The summed E-state index contributed by atoms with van der Waals surface area (Å²) >= 11 is 6.24. The zero-order chi connectivity index (χ0) is 23.4. The van der Waals surface area contributed by atoms with Gasteiger partial charge in [-0.1, -0.05) is 55.3 Å². The van der Waals surface area contributed by atoms with Gasteiger partial charge in [-0.3, -0.25) is 9.59 Å². The van der Waals surface area contributed by atoms with E-state index in [-0.39, 0.29) is 11.3 Å². The predicted octanol–water partition coefficient (Wildman–Crippen LogP) is 5.11. The molecule has 0 saturated carbocycles. The monoisotopic (exact) mass is 454 g/mol. The fraction of sp³-hybridized carbons (Fsp3) is 0.385. The SMILES string of the molecule is CCN(CC)CCCN1C(=O)C(=O)/C(=C(/O)c2cc(C)ccc2C)C1c1cccc(Cl)c1. The molecular formula is C26H31ClN2O3. The number of aliphatic hydroxyl groups is 1. The first-order valence-corrected chi connectivity index (χ1v) is 11.5. The molecule has 0 aromatic heterocycles. The van der Waals surface area contributed by atoms with Gasteiger partial charge in [0.05, 0.1) is 11.6 Å². The summed E-state index contributed by atoms with van der Waals surface area (Å²) in [6, 6.07) is 12.2. The van der Waals surface area contributed by atoms with E-state index in [9.17, 15) is 14.7 Å². The number of likely N-dealkylation sites (tertiary alicyclic amines) is 1. The maximum absolute atomic E-state index is 13.2. The highest BCUT2D eigenvalue weighted by Gasteiger charge is 2.46. The number of carbonyl (C=O) groups excluding carboxylic acids is 2. The van der Waals surface area contributed by atoms with Crippen LogP contribution < -0.4 is 0 Å². The minimum Gasteiger partial charge on any atom is -0.507 e. The minimum absolute atomic E-state index is 0.119. The standard InChI is InChI=1S/C26H31ClN2O3/c1-5-28(6-2)13-8-14-29-23(19-9-7-10-20(27)16-19)22(25(31)26(29)32)24(30)21-15-17(3)11-12-18(21)4/h7,9-12,15-16,23,30H,5-6,8,13-14H2,1-4H3/b24-22+. The van der Waals surface area contributed by atoms with Gasteiger partial charge in [0.25, 0.3) is 11.7 Å². The Morgan fingerprint density at radius 2 is 1.81 bits per heavy atom. The van der Waals surface area contributed by atoms with E-state index < -0.39 is 17.7 Å². The molecule has 0 bridgehead atoms. The molecule has 2 aromatic rings. The van der Waals surface area contributed by atoms with Gasteiger partial charge in [0, 0.05) is 17.1 Å². The summed E-state index contributed by atoms with van der Waals surface area (Å²) in [7, 11) is 0. The molecule has 1 amide bonds. The predicted molar refractivity (Wildman–Crippen MR) is 129 cm³/mol. The van der Waals surface area contributed by atoms with E-state index in [1.54, 1.807) is 23.1 Å². The summed E-state index contributed by atoms with van der Waals surface area (Å²) in [5, 5.41) is 11.8. The summed E-state index contributed by atoms with van der Waals surface area (Å²) in [5.41, 5.74) is 3.20. The Balaban J connectivity index is 2.08.